The minimum Gasteiger partial charge on any atom is -0.497 e. The summed E-state index contributed by atoms with van der Waals surface area (Å²) >= 11 is 0. The van der Waals surface area contributed by atoms with E-state index < -0.39 is 16.6 Å². The number of carbonyl (C=O) groups is 1. The second kappa shape index (κ2) is 9.78. The van der Waals surface area contributed by atoms with Gasteiger partial charge in [0.2, 0.25) is 0 Å². The van der Waals surface area contributed by atoms with Crippen LogP contribution in [0.3, 0.4) is 0 Å². The van der Waals surface area contributed by atoms with Crippen molar-refractivity contribution >= 4 is 40.9 Å². The van der Waals surface area contributed by atoms with Crippen molar-refractivity contribution < 1.29 is 23.6 Å². The van der Waals surface area contributed by atoms with Gasteiger partial charge in [0.05, 0.1) is 12.7 Å². The molecule has 1 amide bonds. The average molecular weight is 466 g/mol. The molecule has 34 heavy (non-hydrogen) atoms. The Kier molecular flexibility index (Phi) is 7.05. The highest BCUT2D eigenvalue weighted by Crippen LogP contribution is 2.26. The first-order valence-corrected chi connectivity index (χ1v) is 10.5. The summed E-state index contributed by atoms with van der Waals surface area (Å²) in [7, 11) is 3.05. The van der Waals surface area contributed by atoms with Gasteiger partial charge in [-0.1, -0.05) is 11.6 Å². The van der Waals surface area contributed by atoms with Gasteiger partial charge >= 0.3 is 11.9 Å². The molecule has 2 heterocycles. The molecule has 0 radical (unpaired) electrons. The number of methoxy groups -OCH3 is 1. The fourth-order valence-corrected chi connectivity index (χ4v) is 3.08. The lowest BCUT2D eigenvalue weighted by atomic mass is 10.1. The summed E-state index contributed by atoms with van der Waals surface area (Å²) in [6, 6.07) is 10.5. The molecule has 0 N–H and O–H groups in total. The van der Waals surface area contributed by atoms with Crippen LogP contribution in [0.15, 0.2) is 52.5 Å². The van der Waals surface area contributed by atoms with E-state index in [1.165, 1.54) is 13.1 Å². The van der Waals surface area contributed by atoms with Crippen LogP contribution >= 0.6 is 0 Å². The Hall–Kier alpha value is -4.14. The third kappa shape index (κ3) is 6.00. The van der Waals surface area contributed by atoms with Crippen molar-refractivity contribution in [3.63, 3.8) is 0 Å². The van der Waals surface area contributed by atoms with Gasteiger partial charge in [-0.2, -0.15) is 0 Å². The zero-order valence-corrected chi connectivity index (χ0v) is 20.0. The summed E-state index contributed by atoms with van der Waals surface area (Å²) in [5.74, 6) is 1.12. The van der Waals surface area contributed by atoms with E-state index >= 15 is 0 Å². The van der Waals surface area contributed by atoms with Gasteiger partial charge in [-0.05, 0) is 80.1 Å². The van der Waals surface area contributed by atoms with E-state index in [9.17, 15) is 14.9 Å². The van der Waals surface area contributed by atoms with E-state index in [0.717, 1.165) is 27.2 Å². The van der Waals surface area contributed by atoms with Crippen molar-refractivity contribution in [2.75, 3.05) is 19.1 Å². The van der Waals surface area contributed by atoms with Gasteiger partial charge in [0.15, 0.2) is 0 Å². The number of ether oxygens (including phenoxy) is 2. The molecule has 9 nitrogen and oxygen atoms in total. The van der Waals surface area contributed by atoms with Crippen molar-refractivity contribution in [2.24, 2.45) is 0 Å². The Labute approximate surface area is 197 Å². The molecule has 1 aromatic carbocycles. The first-order chi connectivity index (χ1) is 16.0. The first kappa shape index (κ1) is 24.5. The summed E-state index contributed by atoms with van der Waals surface area (Å²) < 4.78 is 16.3. The molecular formula is C25H27N3O6. The third-order valence-electron chi connectivity index (χ3n) is 4.71. The number of amides is 1. The number of fused-ring (bicyclic) bond motifs is 1. The number of allylic oxidation sites excluding steroid dienone is 2. The maximum absolute atomic E-state index is 12.3. The highest BCUT2D eigenvalue weighted by atomic mass is 16.6. The molecule has 2 aromatic heterocycles. The zero-order chi connectivity index (χ0) is 25.0. The molecule has 0 spiro atoms. The fraction of sp³-hybridized carbons (Fsp3) is 0.280. The van der Waals surface area contributed by atoms with Crippen LogP contribution in [-0.2, 0) is 4.74 Å². The number of rotatable bonds is 6. The van der Waals surface area contributed by atoms with E-state index in [1.807, 2.05) is 31.2 Å². The average Bonchev–Trinajstić information content (AvgIpc) is 3.18. The molecule has 3 rings (SSSR count). The molecule has 0 aliphatic carbocycles. The predicted molar refractivity (Wildman–Crippen MR) is 131 cm³/mol. The SMILES string of the molecule is COc1ccc2oc(/C=C/C(C)=C/c3ccc(N(C)C(=O)OC(C)(C)C)nc3[N+](=O)[O-])cc2c1. The quantitative estimate of drug-likeness (QED) is 0.241. The van der Waals surface area contributed by atoms with E-state index in [2.05, 4.69) is 4.98 Å². The summed E-state index contributed by atoms with van der Waals surface area (Å²) in [5, 5.41) is 12.6. The lowest BCUT2D eigenvalue weighted by Crippen LogP contribution is -2.34. The first-order valence-electron chi connectivity index (χ1n) is 10.5. The number of furan rings is 1. The minimum atomic E-state index is -0.699. The van der Waals surface area contributed by atoms with Crippen molar-refractivity contribution in [3.05, 3.63) is 69.5 Å². The summed E-state index contributed by atoms with van der Waals surface area (Å²) in [4.78, 5) is 28.5. The van der Waals surface area contributed by atoms with Gasteiger partial charge in [0.25, 0.3) is 5.82 Å². The maximum Gasteiger partial charge on any atom is 0.417 e. The van der Waals surface area contributed by atoms with Gasteiger partial charge < -0.3 is 24.0 Å². The molecule has 0 fully saturated rings. The maximum atomic E-state index is 12.3. The van der Waals surface area contributed by atoms with E-state index in [1.54, 1.807) is 52.2 Å². The number of hydrogen-bond acceptors (Lipinski definition) is 7. The van der Waals surface area contributed by atoms with Crippen LogP contribution in [0.5, 0.6) is 5.75 Å². The summed E-state index contributed by atoms with van der Waals surface area (Å²) in [6.45, 7) is 7.02. The van der Waals surface area contributed by atoms with Crippen molar-refractivity contribution in [2.45, 2.75) is 33.3 Å². The number of hydrogen-bond donors (Lipinski definition) is 0. The van der Waals surface area contributed by atoms with Crippen molar-refractivity contribution in [3.8, 4) is 5.75 Å². The van der Waals surface area contributed by atoms with E-state index in [-0.39, 0.29) is 11.6 Å². The van der Waals surface area contributed by atoms with Gasteiger partial charge in [0, 0.05) is 18.5 Å². The number of benzene rings is 1. The largest absolute Gasteiger partial charge is 0.497 e. The van der Waals surface area contributed by atoms with Crippen LogP contribution in [0.1, 0.15) is 39.0 Å². The Morgan fingerprint density at radius 3 is 2.59 bits per heavy atom. The van der Waals surface area contributed by atoms with Gasteiger partial charge in [-0.15, -0.1) is 0 Å². The number of pyridine rings is 1. The Bertz CT molecular complexity index is 1280. The molecule has 3 aromatic rings. The predicted octanol–water partition coefficient (Wildman–Crippen LogP) is 6.23. The second-order valence-corrected chi connectivity index (χ2v) is 8.65. The number of nitro groups is 1. The Morgan fingerprint density at radius 2 is 1.94 bits per heavy atom. The number of aromatic nitrogens is 1. The summed E-state index contributed by atoms with van der Waals surface area (Å²) in [5.41, 5.74) is 1.08. The second-order valence-electron chi connectivity index (χ2n) is 8.65. The molecule has 0 aliphatic rings. The molecule has 0 bridgehead atoms. The molecule has 0 unspecified atom stereocenters. The third-order valence-corrected chi connectivity index (χ3v) is 4.71. The van der Waals surface area contributed by atoms with Crippen LogP contribution in [0.4, 0.5) is 16.4 Å². The van der Waals surface area contributed by atoms with E-state index in [0.29, 0.717) is 11.3 Å². The lowest BCUT2D eigenvalue weighted by molar-refractivity contribution is -0.389. The number of carbonyl (C=O) groups excluding carboxylic acids is 1. The molecule has 0 saturated heterocycles. The Morgan fingerprint density at radius 1 is 1.21 bits per heavy atom. The normalized spacial score (nSPS) is 12.2. The topological polar surface area (TPSA) is 108 Å². The van der Waals surface area contributed by atoms with E-state index in [4.69, 9.17) is 13.9 Å². The van der Waals surface area contributed by atoms with Crippen molar-refractivity contribution in [1.82, 2.24) is 4.98 Å². The molecular weight excluding hydrogens is 438 g/mol. The number of nitrogens with zero attached hydrogens (tertiary/aromatic N) is 3. The van der Waals surface area contributed by atoms with Crippen LogP contribution in [0.2, 0.25) is 0 Å². The molecule has 0 aliphatic heterocycles. The van der Waals surface area contributed by atoms with Gasteiger partial charge in [-0.3, -0.25) is 0 Å². The monoisotopic (exact) mass is 465 g/mol. The highest BCUT2D eigenvalue weighted by Gasteiger charge is 2.25. The molecule has 178 valence electrons. The fourth-order valence-electron chi connectivity index (χ4n) is 3.08. The molecule has 0 atom stereocenters. The van der Waals surface area contributed by atoms with Crippen molar-refractivity contribution in [1.29, 1.82) is 0 Å². The Balaban J connectivity index is 1.83. The smallest absolute Gasteiger partial charge is 0.417 e. The molecule has 0 saturated carbocycles. The highest BCUT2D eigenvalue weighted by molar-refractivity contribution is 5.86. The van der Waals surface area contributed by atoms with Crippen LogP contribution in [0.25, 0.3) is 23.1 Å². The van der Waals surface area contributed by atoms with Crippen LogP contribution < -0.4 is 9.64 Å². The van der Waals surface area contributed by atoms with Gasteiger partial charge in [-0.25, -0.2) is 9.69 Å². The minimum absolute atomic E-state index is 0.115. The molecule has 9 heteroatoms. The van der Waals surface area contributed by atoms with Crippen LogP contribution in [-0.4, -0.2) is 35.8 Å². The number of anilines is 1. The lowest BCUT2D eigenvalue weighted by Gasteiger charge is -2.22. The standard InChI is InChI=1S/C25H27N3O6/c1-16(7-9-20-15-18-14-19(32-6)10-11-21(18)33-20)13-17-8-12-22(26-23(17)28(30)31)27(5)24(29)34-25(2,3)4/h7-15H,1-6H3/b9-7+,16-13+. The summed E-state index contributed by atoms with van der Waals surface area (Å²) in [6.07, 6.45) is 4.56. The zero-order valence-electron chi connectivity index (χ0n) is 20.0. The van der Waals surface area contributed by atoms with Gasteiger partial charge in [0.1, 0.15) is 22.7 Å². The van der Waals surface area contributed by atoms with Crippen LogP contribution in [0, 0.1) is 10.1 Å².